The number of aromatic nitrogens is 1. The van der Waals surface area contributed by atoms with E-state index in [-0.39, 0.29) is 0 Å². The number of nitrogens with zero attached hydrogens (tertiary/aromatic N) is 1. The lowest BCUT2D eigenvalue weighted by Crippen LogP contribution is -2.22. The highest BCUT2D eigenvalue weighted by atomic mass is 16.5. The molecule has 0 radical (unpaired) electrons. The van der Waals surface area contributed by atoms with Crippen LogP contribution in [0.5, 0.6) is 5.75 Å². The summed E-state index contributed by atoms with van der Waals surface area (Å²) < 4.78 is 10.7. The average Bonchev–Trinajstić information content (AvgIpc) is 2.75. The lowest BCUT2D eigenvalue weighted by molar-refractivity contribution is 0.150. The first-order chi connectivity index (χ1) is 9.38. The van der Waals surface area contributed by atoms with Crippen molar-refractivity contribution in [2.24, 2.45) is 0 Å². The Hall–Kier alpha value is -1.65. The lowest BCUT2D eigenvalue weighted by atomic mass is 10.00. The molecule has 1 aliphatic rings. The van der Waals surface area contributed by atoms with Gasteiger partial charge in [0.1, 0.15) is 5.75 Å². The maximum absolute atomic E-state index is 5.50. The Kier molecular flexibility index (Phi) is 3.62. The molecule has 1 saturated heterocycles. The van der Waals surface area contributed by atoms with Gasteiger partial charge in [0.2, 0.25) is 0 Å². The molecule has 1 aliphatic heterocycles. The number of pyridine rings is 1. The minimum absolute atomic E-state index is 0.335. The van der Waals surface area contributed by atoms with Gasteiger partial charge in [-0.2, -0.15) is 0 Å². The predicted molar refractivity (Wildman–Crippen MR) is 74.5 cm³/mol. The summed E-state index contributed by atoms with van der Waals surface area (Å²) in [5.41, 5.74) is 2.27. The fourth-order valence-electron chi connectivity index (χ4n) is 2.56. The number of rotatable bonds is 2. The summed E-state index contributed by atoms with van der Waals surface area (Å²) >= 11 is 0. The summed E-state index contributed by atoms with van der Waals surface area (Å²) in [4.78, 5) is 4.43. The van der Waals surface area contributed by atoms with Crippen LogP contribution in [-0.4, -0.2) is 31.9 Å². The summed E-state index contributed by atoms with van der Waals surface area (Å²) in [7, 11) is 1.68. The van der Waals surface area contributed by atoms with Crippen molar-refractivity contribution < 1.29 is 9.47 Å². The van der Waals surface area contributed by atoms with Crippen molar-refractivity contribution in [3.8, 4) is 5.75 Å². The zero-order chi connectivity index (χ0) is 13.1. The van der Waals surface area contributed by atoms with Gasteiger partial charge >= 0.3 is 0 Å². The van der Waals surface area contributed by atoms with Gasteiger partial charge in [0.25, 0.3) is 0 Å². The summed E-state index contributed by atoms with van der Waals surface area (Å²) in [5.74, 6) is 0.842. The highest BCUT2D eigenvalue weighted by Gasteiger charge is 2.16. The monoisotopic (exact) mass is 258 g/mol. The van der Waals surface area contributed by atoms with E-state index in [1.54, 1.807) is 7.11 Å². The Morgan fingerprint density at radius 2 is 2.26 bits per heavy atom. The maximum atomic E-state index is 5.50. The van der Waals surface area contributed by atoms with Crippen molar-refractivity contribution in [3.05, 3.63) is 36.0 Å². The first-order valence-corrected chi connectivity index (χ1v) is 6.62. The van der Waals surface area contributed by atoms with Crippen molar-refractivity contribution in [3.63, 3.8) is 0 Å². The van der Waals surface area contributed by atoms with E-state index in [0.29, 0.717) is 6.04 Å². The van der Waals surface area contributed by atoms with Crippen LogP contribution in [-0.2, 0) is 4.74 Å². The molecule has 1 unspecified atom stereocenters. The minimum atomic E-state index is 0.335. The van der Waals surface area contributed by atoms with E-state index in [2.05, 4.69) is 22.4 Å². The van der Waals surface area contributed by atoms with Gasteiger partial charge in [-0.3, -0.25) is 4.98 Å². The highest BCUT2D eigenvalue weighted by Crippen LogP contribution is 2.28. The Balaban J connectivity index is 2.02. The van der Waals surface area contributed by atoms with Crippen molar-refractivity contribution >= 4 is 10.9 Å². The summed E-state index contributed by atoms with van der Waals surface area (Å²) in [6.45, 7) is 2.48. The van der Waals surface area contributed by atoms with Crippen LogP contribution in [0.4, 0.5) is 0 Å². The largest absolute Gasteiger partial charge is 0.497 e. The van der Waals surface area contributed by atoms with Gasteiger partial charge in [-0.25, -0.2) is 0 Å². The molecule has 1 fully saturated rings. The molecule has 1 atom stereocenters. The Morgan fingerprint density at radius 3 is 3.16 bits per heavy atom. The number of hydrogen-bond donors (Lipinski definition) is 1. The second-order valence-corrected chi connectivity index (χ2v) is 4.69. The number of ether oxygens (including phenoxy) is 2. The second kappa shape index (κ2) is 5.55. The molecule has 0 amide bonds. The molecule has 0 spiro atoms. The quantitative estimate of drug-likeness (QED) is 0.897. The van der Waals surface area contributed by atoms with Crippen LogP contribution in [0, 0.1) is 0 Å². The fraction of sp³-hybridized carbons (Fsp3) is 0.400. The van der Waals surface area contributed by atoms with Crippen LogP contribution in [0.1, 0.15) is 18.0 Å². The maximum Gasteiger partial charge on any atom is 0.121 e. The zero-order valence-electron chi connectivity index (χ0n) is 11.1. The normalized spacial score (nSPS) is 20.2. The van der Waals surface area contributed by atoms with Crippen molar-refractivity contribution in [1.29, 1.82) is 0 Å². The summed E-state index contributed by atoms with van der Waals surface area (Å²) in [6, 6.07) is 8.48. The van der Waals surface area contributed by atoms with Crippen molar-refractivity contribution in [2.45, 2.75) is 12.5 Å². The third-order valence-corrected chi connectivity index (χ3v) is 3.55. The predicted octanol–water partition coefficient (Wildman–Crippen LogP) is 2.29. The van der Waals surface area contributed by atoms with E-state index in [9.17, 15) is 0 Å². The molecule has 4 heteroatoms. The average molecular weight is 258 g/mol. The molecule has 1 aromatic heterocycles. The van der Waals surface area contributed by atoms with E-state index in [1.165, 1.54) is 10.9 Å². The Morgan fingerprint density at radius 1 is 1.32 bits per heavy atom. The van der Waals surface area contributed by atoms with Gasteiger partial charge in [-0.05, 0) is 30.2 Å². The van der Waals surface area contributed by atoms with E-state index in [0.717, 1.165) is 37.4 Å². The number of nitrogens with one attached hydrogen (secondary N) is 1. The number of benzene rings is 1. The molecule has 0 bridgehead atoms. The molecule has 19 heavy (non-hydrogen) atoms. The molecule has 0 saturated carbocycles. The molecule has 0 aliphatic carbocycles. The fourth-order valence-corrected chi connectivity index (χ4v) is 2.56. The first kappa shape index (κ1) is 12.4. The van der Waals surface area contributed by atoms with Gasteiger partial charge < -0.3 is 14.8 Å². The Labute approximate surface area is 112 Å². The second-order valence-electron chi connectivity index (χ2n) is 4.69. The molecule has 4 nitrogen and oxygen atoms in total. The van der Waals surface area contributed by atoms with E-state index >= 15 is 0 Å². The van der Waals surface area contributed by atoms with Gasteiger partial charge in [-0.15, -0.1) is 0 Å². The van der Waals surface area contributed by atoms with Crippen LogP contribution >= 0.6 is 0 Å². The number of fused-ring (bicyclic) bond motifs is 1. The third-order valence-electron chi connectivity index (χ3n) is 3.55. The van der Waals surface area contributed by atoms with E-state index < -0.39 is 0 Å². The van der Waals surface area contributed by atoms with E-state index in [1.807, 2.05) is 18.3 Å². The smallest absolute Gasteiger partial charge is 0.121 e. The molecule has 2 heterocycles. The molecule has 3 rings (SSSR count). The van der Waals surface area contributed by atoms with Gasteiger partial charge in [0.15, 0.2) is 0 Å². The summed E-state index contributed by atoms with van der Waals surface area (Å²) in [6.07, 6.45) is 2.86. The molecule has 2 aromatic rings. The zero-order valence-corrected chi connectivity index (χ0v) is 11.1. The first-order valence-electron chi connectivity index (χ1n) is 6.62. The van der Waals surface area contributed by atoms with Crippen LogP contribution in [0.3, 0.4) is 0 Å². The molecular weight excluding hydrogens is 240 g/mol. The van der Waals surface area contributed by atoms with Crippen LogP contribution in [0.2, 0.25) is 0 Å². The molecule has 100 valence electrons. The topological polar surface area (TPSA) is 43.4 Å². The molecule has 1 N–H and O–H groups in total. The summed E-state index contributed by atoms with van der Waals surface area (Å²) in [5, 5.41) is 4.72. The number of hydrogen-bond acceptors (Lipinski definition) is 4. The van der Waals surface area contributed by atoms with E-state index in [4.69, 9.17) is 9.47 Å². The SMILES string of the molecule is COc1ccc2c(C3CCOCCN3)ccnc2c1. The lowest BCUT2D eigenvalue weighted by Gasteiger charge is -2.17. The van der Waals surface area contributed by atoms with Gasteiger partial charge in [0, 0.05) is 36.8 Å². The van der Waals surface area contributed by atoms with Crippen LogP contribution in [0.15, 0.2) is 30.5 Å². The third kappa shape index (κ3) is 2.55. The van der Waals surface area contributed by atoms with Crippen LogP contribution < -0.4 is 10.1 Å². The molecular formula is C15H18N2O2. The van der Waals surface area contributed by atoms with Gasteiger partial charge in [0.05, 0.1) is 19.2 Å². The Bertz CT molecular complexity index is 563. The van der Waals surface area contributed by atoms with Crippen molar-refractivity contribution in [2.75, 3.05) is 26.9 Å². The van der Waals surface area contributed by atoms with Crippen molar-refractivity contribution in [1.82, 2.24) is 10.3 Å². The minimum Gasteiger partial charge on any atom is -0.497 e. The highest BCUT2D eigenvalue weighted by molar-refractivity contribution is 5.83. The molecule has 1 aromatic carbocycles. The van der Waals surface area contributed by atoms with Gasteiger partial charge in [-0.1, -0.05) is 0 Å². The standard InChI is InChI=1S/C15H18N2O2/c1-18-11-2-3-12-13(4-6-16-15(12)10-11)14-5-8-19-9-7-17-14/h2-4,6,10,14,17H,5,7-9H2,1H3. The number of methoxy groups -OCH3 is 1. The van der Waals surface area contributed by atoms with Crippen LogP contribution in [0.25, 0.3) is 10.9 Å².